The third-order valence-corrected chi connectivity index (χ3v) is 6.84. The molecule has 5 rings (SSSR count). The Hall–Kier alpha value is -4.58. The molecule has 6 heteroatoms. The molecule has 1 saturated heterocycles. The molecule has 1 aliphatic rings. The summed E-state index contributed by atoms with van der Waals surface area (Å²) in [7, 11) is 7.79. The first-order chi connectivity index (χ1) is 17.8. The number of fused-ring (bicyclic) bond motifs is 1. The molecular formula is C31H29N3O3. The average Bonchev–Trinajstić information content (AvgIpc) is 3.18. The van der Waals surface area contributed by atoms with E-state index in [2.05, 4.69) is 0 Å². The molecule has 0 aliphatic carbocycles. The Balaban J connectivity index is 1.69. The van der Waals surface area contributed by atoms with E-state index in [1.807, 2.05) is 123 Å². The van der Waals surface area contributed by atoms with E-state index < -0.39 is 17.7 Å². The summed E-state index contributed by atoms with van der Waals surface area (Å²) in [5, 5.41) is 13.5. The minimum absolute atomic E-state index is 0.0783. The summed E-state index contributed by atoms with van der Waals surface area (Å²) in [6, 6.07) is 27.7. The maximum atomic E-state index is 13.5. The van der Waals surface area contributed by atoms with Gasteiger partial charge < -0.3 is 14.9 Å². The van der Waals surface area contributed by atoms with Gasteiger partial charge in [-0.2, -0.15) is 0 Å². The zero-order chi connectivity index (χ0) is 26.3. The van der Waals surface area contributed by atoms with Gasteiger partial charge in [-0.1, -0.05) is 48.5 Å². The molecule has 6 nitrogen and oxygen atoms in total. The van der Waals surface area contributed by atoms with Crippen molar-refractivity contribution in [3.05, 3.63) is 108 Å². The van der Waals surface area contributed by atoms with Gasteiger partial charge >= 0.3 is 0 Å². The van der Waals surface area contributed by atoms with Crippen LogP contribution in [0.2, 0.25) is 0 Å². The van der Waals surface area contributed by atoms with Crippen molar-refractivity contribution >= 4 is 45.3 Å². The molecule has 0 radical (unpaired) electrons. The van der Waals surface area contributed by atoms with Crippen molar-refractivity contribution in [3.63, 3.8) is 0 Å². The number of carbonyl (C=O) groups is 2. The Morgan fingerprint density at radius 1 is 0.730 bits per heavy atom. The van der Waals surface area contributed by atoms with E-state index >= 15 is 0 Å². The highest BCUT2D eigenvalue weighted by molar-refractivity contribution is 6.51. The number of benzene rings is 4. The topological polar surface area (TPSA) is 64.1 Å². The van der Waals surface area contributed by atoms with Crippen LogP contribution in [0.3, 0.4) is 0 Å². The first-order valence-corrected chi connectivity index (χ1v) is 12.1. The molecule has 186 valence electrons. The zero-order valence-electron chi connectivity index (χ0n) is 21.3. The number of nitrogens with zero attached hydrogens (tertiary/aromatic N) is 3. The third-order valence-electron chi connectivity index (χ3n) is 6.84. The van der Waals surface area contributed by atoms with E-state index in [4.69, 9.17) is 0 Å². The maximum absolute atomic E-state index is 13.5. The highest BCUT2D eigenvalue weighted by Gasteiger charge is 2.47. The van der Waals surface area contributed by atoms with Gasteiger partial charge in [-0.05, 0) is 58.8 Å². The van der Waals surface area contributed by atoms with Crippen LogP contribution in [0.1, 0.15) is 17.2 Å². The Morgan fingerprint density at radius 3 is 1.89 bits per heavy atom. The second-order valence-electron chi connectivity index (χ2n) is 9.63. The molecule has 0 spiro atoms. The van der Waals surface area contributed by atoms with Gasteiger partial charge in [0, 0.05) is 50.8 Å². The lowest BCUT2D eigenvalue weighted by atomic mass is 9.94. The smallest absolute Gasteiger partial charge is 0.300 e. The molecule has 0 aromatic heterocycles. The molecule has 4 aromatic rings. The minimum Gasteiger partial charge on any atom is -0.507 e. The average molecular weight is 492 g/mol. The molecule has 37 heavy (non-hydrogen) atoms. The standard InChI is InChI=1S/C31H29N3O3/c1-32(2)24-13-11-21(12-14-24)28-27(29(35)23-10-9-20-7-5-6-8-22(20)19-23)30(36)31(37)34(28)26-17-15-25(16-18-26)33(3)4/h5-19,28,35H,1-4H3/b29-27-. The quantitative estimate of drug-likeness (QED) is 0.224. The van der Waals surface area contributed by atoms with Gasteiger partial charge in [0.05, 0.1) is 11.6 Å². The number of aliphatic hydroxyl groups excluding tert-OH is 1. The number of carbonyl (C=O) groups excluding carboxylic acids is 2. The summed E-state index contributed by atoms with van der Waals surface area (Å²) >= 11 is 0. The van der Waals surface area contributed by atoms with Crippen molar-refractivity contribution in [2.24, 2.45) is 0 Å². The van der Waals surface area contributed by atoms with Crippen LogP contribution in [0.4, 0.5) is 17.1 Å². The normalized spacial score (nSPS) is 16.9. The highest BCUT2D eigenvalue weighted by Crippen LogP contribution is 2.43. The van der Waals surface area contributed by atoms with Gasteiger partial charge in [0.1, 0.15) is 5.76 Å². The van der Waals surface area contributed by atoms with Gasteiger partial charge in [0.25, 0.3) is 11.7 Å². The molecule has 1 amide bonds. The highest BCUT2D eigenvalue weighted by atomic mass is 16.3. The molecule has 1 N–H and O–H groups in total. The summed E-state index contributed by atoms with van der Waals surface area (Å²) < 4.78 is 0. The second-order valence-corrected chi connectivity index (χ2v) is 9.63. The lowest BCUT2D eigenvalue weighted by Gasteiger charge is -2.26. The largest absolute Gasteiger partial charge is 0.507 e. The van der Waals surface area contributed by atoms with E-state index in [1.165, 1.54) is 4.90 Å². The number of rotatable bonds is 5. The zero-order valence-corrected chi connectivity index (χ0v) is 21.3. The number of ketones is 1. The Kier molecular flexibility index (Phi) is 6.17. The van der Waals surface area contributed by atoms with Crippen molar-refractivity contribution in [1.29, 1.82) is 0 Å². The fourth-order valence-electron chi connectivity index (χ4n) is 4.77. The monoisotopic (exact) mass is 491 g/mol. The van der Waals surface area contributed by atoms with Crippen LogP contribution in [0.5, 0.6) is 0 Å². The molecule has 4 aromatic carbocycles. The van der Waals surface area contributed by atoms with Crippen LogP contribution in [0, 0.1) is 0 Å². The number of anilines is 3. The lowest BCUT2D eigenvalue weighted by molar-refractivity contribution is -0.132. The molecule has 1 unspecified atom stereocenters. The van der Waals surface area contributed by atoms with E-state index in [1.54, 1.807) is 6.07 Å². The van der Waals surface area contributed by atoms with Crippen molar-refractivity contribution in [2.45, 2.75) is 6.04 Å². The number of amides is 1. The first kappa shape index (κ1) is 24.1. The molecule has 1 atom stereocenters. The predicted octanol–water partition coefficient (Wildman–Crippen LogP) is 5.60. The van der Waals surface area contributed by atoms with Gasteiger partial charge in [0.15, 0.2) is 0 Å². The minimum atomic E-state index is -0.770. The van der Waals surface area contributed by atoms with Gasteiger partial charge in [0.2, 0.25) is 0 Å². The Morgan fingerprint density at radius 2 is 1.30 bits per heavy atom. The molecule has 0 saturated carbocycles. The molecule has 1 heterocycles. The Bertz CT molecular complexity index is 1520. The van der Waals surface area contributed by atoms with Crippen LogP contribution in [-0.2, 0) is 9.59 Å². The van der Waals surface area contributed by atoms with Crippen LogP contribution < -0.4 is 14.7 Å². The fourth-order valence-corrected chi connectivity index (χ4v) is 4.77. The van der Waals surface area contributed by atoms with Crippen molar-refractivity contribution in [3.8, 4) is 0 Å². The maximum Gasteiger partial charge on any atom is 0.300 e. The van der Waals surface area contributed by atoms with Crippen molar-refractivity contribution in [2.75, 3.05) is 42.9 Å². The summed E-state index contributed by atoms with van der Waals surface area (Å²) in [5.41, 5.74) is 3.87. The fraction of sp³-hybridized carbons (Fsp3) is 0.161. The van der Waals surface area contributed by atoms with Crippen LogP contribution in [0.15, 0.2) is 96.6 Å². The summed E-state index contributed by atoms with van der Waals surface area (Å²) in [5.74, 6) is -1.55. The van der Waals surface area contributed by atoms with Crippen LogP contribution in [0.25, 0.3) is 16.5 Å². The summed E-state index contributed by atoms with van der Waals surface area (Å²) in [6.07, 6.45) is 0. The lowest BCUT2D eigenvalue weighted by Crippen LogP contribution is -2.29. The number of Topliss-reactive ketones (excluding diaryl/α,β-unsaturated/α-hetero) is 1. The SMILES string of the molecule is CN(C)c1ccc(C2/C(=C(/O)c3ccc4ccccc4c3)C(=O)C(=O)N2c2ccc(N(C)C)cc2)cc1. The van der Waals surface area contributed by atoms with Gasteiger partial charge in [-0.3, -0.25) is 14.5 Å². The van der Waals surface area contributed by atoms with Gasteiger partial charge in [-0.25, -0.2) is 0 Å². The van der Waals surface area contributed by atoms with Gasteiger partial charge in [-0.15, -0.1) is 0 Å². The van der Waals surface area contributed by atoms with Crippen LogP contribution >= 0.6 is 0 Å². The third kappa shape index (κ3) is 4.31. The van der Waals surface area contributed by atoms with E-state index in [0.717, 1.165) is 27.7 Å². The van der Waals surface area contributed by atoms with E-state index in [0.29, 0.717) is 11.3 Å². The van der Waals surface area contributed by atoms with E-state index in [-0.39, 0.29) is 11.3 Å². The summed E-state index contributed by atoms with van der Waals surface area (Å²) in [6.45, 7) is 0. The second kappa shape index (κ2) is 9.47. The molecule has 0 bridgehead atoms. The number of aliphatic hydroxyl groups is 1. The number of hydrogen-bond acceptors (Lipinski definition) is 5. The first-order valence-electron chi connectivity index (χ1n) is 12.1. The molecular weight excluding hydrogens is 462 g/mol. The van der Waals surface area contributed by atoms with Crippen molar-refractivity contribution < 1.29 is 14.7 Å². The summed E-state index contributed by atoms with van der Waals surface area (Å²) in [4.78, 5) is 32.4. The van der Waals surface area contributed by atoms with Crippen LogP contribution in [-0.4, -0.2) is 45.0 Å². The Labute approximate surface area is 216 Å². The van der Waals surface area contributed by atoms with Crippen molar-refractivity contribution in [1.82, 2.24) is 0 Å². The molecule has 1 aliphatic heterocycles. The molecule has 1 fully saturated rings. The predicted molar refractivity (Wildman–Crippen MR) is 150 cm³/mol. The van der Waals surface area contributed by atoms with E-state index in [9.17, 15) is 14.7 Å². The number of hydrogen-bond donors (Lipinski definition) is 1.